The molecule has 2 heterocycles. The van der Waals surface area contributed by atoms with Crippen LogP contribution in [0.5, 0.6) is 0 Å². The van der Waals surface area contributed by atoms with E-state index in [2.05, 4.69) is 70.1 Å². The van der Waals surface area contributed by atoms with Gasteiger partial charge in [-0.3, -0.25) is 9.69 Å². The second kappa shape index (κ2) is 10.6. The SMILES string of the molecule is Nc1ccc2c(c1)C(=C(Nc1ccc(CN3CCC(c4ccccc4)CC3)cc1)c1ccccc1)C(=O)N2. The highest BCUT2D eigenvalue weighted by molar-refractivity contribution is 6.37. The van der Waals surface area contributed by atoms with Crippen LogP contribution in [0.2, 0.25) is 0 Å². The normalized spacial score (nSPS) is 17.1. The fourth-order valence-corrected chi connectivity index (χ4v) is 5.56. The maximum absolute atomic E-state index is 13.1. The summed E-state index contributed by atoms with van der Waals surface area (Å²) in [7, 11) is 0. The van der Waals surface area contributed by atoms with Crippen LogP contribution in [0.15, 0.2) is 103 Å². The minimum Gasteiger partial charge on any atom is -0.399 e. The van der Waals surface area contributed by atoms with Gasteiger partial charge in [0.05, 0.1) is 11.3 Å². The number of anilines is 3. The van der Waals surface area contributed by atoms with Crippen LogP contribution in [0, 0.1) is 0 Å². The quantitative estimate of drug-likeness (QED) is 0.207. The van der Waals surface area contributed by atoms with Crippen molar-refractivity contribution in [3.8, 4) is 0 Å². The smallest absolute Gasteiger partial charge is 0.258 e. The summed E-state index contributed by atoms with van der Waals surface area (Å²) in [5, 5.41) is 6.53. The summed E-state index contributed by atoms with van der Waals surface area (Å²) in [5.74, 6) is 0.532. The maximum Gasteiger partial charge on any atom is 0.258 e. The van der Waals surface area contributed by atoms with Crippen molar-refractivity contribution in [2.75, 3.05) is 29.5 Å². The molecule has 0 radical (unpaired) electrons. The van der Waals surface area contributed by atoms with Crippen molar-refractivity contribution < 1.29 is 4.79 Å². The summed E-state index contributed by atoms with van der Waals surface area (Å²) < 4.78 is 0. The molecule has 2 aliphatic heterocycles. The fraction of sp³-hybridized carbons (Fsp3) is 0.182. The molecular formula is C33H32N4O. The van der Waals surface area contributed by atoms with E-state index in [4.69, 9.17) is 5.73 Å². The number of carbonyl (C=O) groups is 1. The van der Waals surface area contributed by atoms with Crippen LogP contribution in [0.4, 0.5) is 17.1 Å². The predicted molar refractivity (Wildman–Crippen MR) is 156 cm³/mol. The number of fused-ring (bicyclic) bond motifs is 1. The van der Waals surface area contributed by atoms with E-state index in [1.54, 1.807) is 6.07 Å². The molecule has 0 spiro atoms. The standard InChI is InChI=1S/C33H32N4O/c34-27-13-16-30-29(21-27)31(33(38)36-30)32(26-9-5-2-6-10-26)35-28-14-11-23(12-15-28)22-37-19-17-25(18-20-37)24-7-3-1-4-8-24/h1-16,21,25,35H,17-20,22,34H2,(H,36,38). The van der Waals surface area contributed by atoms with Gasteiger partial charge >= 0.3 is 0 Å². The average molecular weight is 501 g/mol. The summed E-state index contributed by atoms with van der Waals surface area (Å²) in [6.07, 6.45) is 2.40. The molecule has 38 heavy (non-hydrogen) atoms. The Morgan fingerprint density at radius 1 is 0.868 bits per heavy atom. The summed E-state index contributed by atoms with van der Waals surface area (Å²) in [6, 6.07) is 34.9. The Labute approximate surface area is 224 Å². The first-order chi connectivity index (χ1) is 18.6. The second-order valence-electron chi connectivity index (χ2n) is 10.2. The Kier molecular flexibility index (Phi) is 6.67. The fourth-order valence-electron chi connectivity index (χ4n) is 5.56. The van der Waals surface area contributed by atoms with E-state index in [9.17, 15) is 4.79 Å². The Morgan fingerprint density at radius 2 is 1.55 bits per heavy atom. The number of nitrogen functional groups attached to an aromatic ring is 1. The largest absolute Gasteiger partial charge is 0.399 e. The first-order valence-electron chi connectivity index (χ1n) is 13.3. The Hall–Kier alpha value is -4.35. The number of benzene rings is 4. The van der Waals surface area contributed by atoms with Crippen molar-refractivity contribution in [3.05, 3.63) is 125 Å². The molecule has 0 unspecified atom stereocenters. The molecular weight excluding hydrogens is 468 g/mol. The zero-order valence-electron chi connectivity index (χ0n) is 21.4. The number of rotatable bonds is 6. The number of nitrogens with one attached hydrogen (secondary N) is 2. The van der Waals surface area contributed by atoms with Crippen LogP contribution in [0.1, 0.15) is 41.0 Å². The molecule has 4 aromatic rings. The van der Waals surface area contributed by atoms with E-state index in [0.29, 0.717) is 17.2 Å². The van der Waals surface area contributed by atoms with Gasteiger partial charge in [0, 0.05) is 29.2 Å². The number of amides is 1. The average Bonchev–Trinajstić information content (AvgIpc) is 3.28. The molecule has 0 aromatic heterocycles. The van der Waals surface area contributed by atoms with E-state index in [0.717, 1.165) is 47.8 Å². The first kappa shape index (κ1) is 24.0. The molecule has 5 heteroatoms. The van der Waals surface area contributed by atoms with Crippen LogP contribution < -0.4 is 16.4 Å². The molecule has 0 aliphatic carbocycles. The molecule has 1 amide bonds. The van der Waals surface area contributed by atoms with Crippen molar-refractivity contribution in [2.24, 2.45) is 0 Å². The lowest BCUT2D eigenvalue weighted by atomic mass is 9.89. The van der Waals surface area contributed by atoms with Crippen molar-refractivity contribution in [3.63, 3.8) is 0 Å². The van der Waals surface area contributed by atoms with Gasteiger partial charge in [-0.15, -0.1) is 0 Å². The Bertz CT molecular complexity index is 1450. The molecule has 1 saturated heterocycles. The zero-order chi connectivity index (χ0) is 25.9. The number of carbonyl (C=O) groups excluding carboxylic acids is 1. The Morgan fingerprint density at radius 3 is 2.26 bits per heavy atom. The minimum absolute atomic E-state index is 0.132. The third-order valence-electron chi connectivity index (χ3n) is 7.59. The van der Waals surface area contributed by atoms with Crippen molar-refractivity contribution >= 4 is 34.2 Å². The van der Waals surface area contributed by atoms with Crippen LogP contribution in [0.25, 0.3) is 11.3 Å². The monoisotopic (exact) mass is 500 g/mol. The van der Waals surface area contributed by atoms with Gasteiger partial charge in [0.25, 0.3) is 5.91 Å². The Balaban J connectivity index is 1.19. The van der Waals surface area contributed by atoms with E-state index in [-0.39, 0.29) is 5.91 Å². The number of nitrogens with two attached hydrogens (primary N) is 1. The molecule has 190 valence electrons. The molecule has 4 aromatic carbocycles. The number of nitrogens with zero attached hydrogens (tertiary/aromatic N) is 1. The van der Waals surface area contributed by atoms with Crippen molar-refractivity contribution in [2.45, 2.75) is 25.3 Å². The minimum atomic E-state index is -0.132. The summed E-state index contributed by atoms with van der Waals surface area (Å²) in [4.78, 5) is 15.6. The highest BCUT2D eigenvalue weighted by Gasteiger charge is 2.28. The molecule has 0 saturated carbocycles. The number of hydrogen-bond donors (Lipinski definition) is 3. The van der Waals surface area contributed by atoms with Crippen LogP contribution in [-0.4, -0.2) is 23.9 Å². The van der Waals surface area contributed by atoms with E-state index >= 15 is 0 Å². The molecule has 4 N–H and O–H groups in total. The van der Waals surface area contributed by atoms with Gasteiger partial charge in [-0.05, 0) is 78.9 Å². The highest BCUT2D eigenvalue weighted by Crippen LogP contribution is 2.38. The van der Waals surface area contributed by atoms with Gasteiger partial charge in [0.15, 0.2) is 0 Å². The van der Waals surface area contributed by atoms with Crippen molar-refractivity contribution in [1.82, 2.24) is 4.90 Å². The summed E-state index contributed by atoms with van der Waals surface area (Å²) in [5.41, 5.74) is 14.3. The molecule has 0 bridgehead atoms. The lowest BCUT2D eigenvalue weighted by Crippen LogP contribution is -2.32. The van der Waals surface area contributed by atoms with Gasteiger partial charge in [-0.2, -0.15) is 0 Å². The molecule has 6 rings (SSSR count). The third-order valence-corrected chi connectivity index (χ3v) is 7.59. The zero-order valence-corrected chi connectivity index (χ0v) is 21.4. The lowest BCUT2D eigenvalue weighted by Gasteiger charge is -2.32. The number of piperidine rings is 1. The van der Waals surface area contributed by atoms with Gasteiger partial charge < -0.3 is 16.4 Å². The summed E-state index contributed by atoms with van der Waals surface area (Å²) >= 11 is 0. The van der Waals surface area contributed by atoms with E-state index in [1.807, 2.05) is 42.5 Å². The number of likely N-dealkylation sites (tertiary alicyclic amines) is 1. The van der Waals surface area contributed by atoms with Crippen LogP contribution >= 0.6 is 0 Å². The third kappa shape index (κ3) is 5.06. The van der Waals surface area contributed by atoms with E-state index < -0.39 is 0 Å². The van der Waals surface area contributed by atoms with Crippen molar-refractivity contribution in [1.29, 1.82) is 0 Å². The topological polar surface area (TPSA) is 70.4 Å². The van der Waals surface area contributed by atoms with Gasteiger partial charge in [0.2, 0.25) is 0 Å². The molecule has 0 atom stereocenters. The predicted octanol–water partition coefficient (Wildman–Crippen LogP) is 6.58. The summed E-state index contributed by atoms with van der Waals surface area (Å²) in [6.45, 7) is 3.17. The van der Waals surface area contributed by atoms with Crippen LogP contribution in [-0.2, 0) is 11.3 Å². The number of hydrogen-bond acceptors (Lipinski definition) is 4. The maximum atomic E-state index is 13.1. The van der Waals surface area contributed by atoms with Gasteiger partial charge in [-0.25, -0.2) is 0 Å². The van der Waals surface area contributed by atoms with Gasteiger partial charge in [0.1, 0.15) is 0 Å². The molecule has 5 nitrogen and oxygen atoms in total. The molecule has 2 aliphatic rings. The first-order valence-corrected chi connectivity index (χ1v) is 13.3. The van der Waals surface area contributed by atoms with Gasteiger partial charge in [-0.1, -0.05) is 72.8 Å². The second-order valence-corrected chi connectivity index (χ2v) is 10.2. The van der Waals surface area contributed by atoms with E-state index in [1.165, 1.54) is 24.0 Å². The lowest BCUT2D eigenvalue weighted by molar-refractivity contribution is -0.110. The highest BCUT2D eigenvalue weighted by atomic mass is 16.2. The molecule has 1 fully saturated rings. The van der Waals surface area contributed by atoms with Crippen LogP contribution in [0.3, 0.4) is 0 Å².